The molecular weight excluding hydrogens is 368 g/mol. The second kappa shape index (κ2) is 6.97. The fraction of sp³-hybridized carbons (Fsp3) is 0.105. The van der Waals surface area contributed by atoms with Gasteiger partial charge in [0.2, 0.25) is 0 Å². The molecule has 5 nitrogen and oxygen atoms in total. The molecule has 0 amide bonds. The van der Waals surface area contributed by atoms with Gasteiger partial charge in [0.15, 0.2) is 11.0 Å². The summed E-state index contributed by atoms with van der Waals surface area (Å²) < 4.78 is 1.96. The Morgan fingerprint density at radius 2 is 1.92 bits per heavy atom. The Labute approximate surface area is 159 Å². The van der Waals surface area contributed by atoms with Crippen LogP contribution in [0.4, 0.5) is 0 Å². The quantitative estimate of drug-likeness (QED) is 0.506. The van der Waals surface area contributed by atoms with Crippen molar-refractivity contribution in [2.24, 2.45) is 0 Å². The summed E-state index contributed by atoms with van der Waals surface area (Å²) in [5, 5.41) is 11.1. The highest BCUT2D eigenvalue weighted by atomic mass is 35.5. The van der Waals surface area contributed by atoms with E-state index in [1.54, 1.807) is 6.92 Å². The number of thioether (sulfide) groups is 1. The Hall–Kier alpha value is -2.57. The number of aromatic amines is 1. The summed E-state index contributed by atoms with van der Waals surface area (Å²) >= 11 is 7.41. The van der Waals surface area contributed by atoms with Crippen LogP contribution >= 0.6 is 23.4 Å². The molecule has 0 aliphatic heterocycles. The number of aromatic nitrogens is 4. The van der Waals surface area contributed by atoms with Crippen LogP contribution in [0.25, 0.3) is 28.0 Å². The van der Waals surface area contributed by atoms with E-state index in [0.29, 0.717) is 15.9 Å². The number of para-hydroxylation sites is 1. The van der Waals surface area contributed by atoms with E-state index < -0.39 is 0 Å². The van der Waals surface area contributed by atoms with E-state index in [4.69, 9.17) is 11.6 Å². The molecule has 0 aliphatic rings. The Morgan fingerprint density at radius 3 is 2.69 bits per heavy atom. The van der Waals surface area contributed by atoms with Gasteiger partial charge in [-0.05, 0) is 37.3 Å². The summed E-state index contributed by atoms with van der Waals surface area (Å²) in [4.78, 5) is 14.7. The normalized spacial score (nSPS) is 11.2. The minimum atomic E-state index is 0.0919. The van der Waals surface area contributed by atoms with Crippen molar-refractivity contribution < 1.29 is 4.79 Å². The van der Waals surface area contributed by atoms with Gasteiger partial charge in [0, 0.05) is 33.4 Å². The number of benzene rings is 2. The van der Waals surface area contributed by atoms with Gasteiger partial charge in [-0.1, -0.05) is 41.6 Å². The van der Waals surface area contributed by atoms with Crippen molar-refractivity contribution in [3.8, 4) is 17.1 Å². The van der Waals surface area contributed by atoms with E-state index in [1.165, 1.54) is 11.8 Å². The smallest absolute Gasteiger partial charge is 0.196 e. The molecule has 2 heterocycles. The van der Waals surface area contributed by atoms with Crippen LogP contribution in [0, 0.1) is 0 Å². The molecule has 0 saturated heterocycles. The van der Waals surface area contributed by atoms with Gasteiger partial charge in [0.25, 0.3) is 0 Å². The second-order valence-electron chi connectivity index (χ2n) is 5.86. The molecule has 2 aromatic heterocycles. The van der Waals surface area contributed by atoms with E-state index >= 15 is 0 Å². The first-order valence-electron chi connectivity index (χ1n) is 8.03. The van der Waals surface area contributed by atoms with Crippen LogP contribution in [0.3, 0.4) is 0 Å². The molecule has 7 heteroatoms. The van der Waals surface area contributed by atoms with Crippen molar-refractivity contribution in [1.82, 2.24) is 19.7 Å². The zero-order valence-corrected chi connectivity index (χ0v) is 15.5. The van der Waals surface area contributed by atoms with Crippen LogP contribution in [-0.4, -0.2) is 31.3 Å². The van der Waals surface area contributed by atoms with Crippen molar-refractivity contribution in [1.29, 1.82) is 0 Å². The number of carbonyl (C=O) groups excluding carboxylic acids is 1. The molecule has 0 bridgehead atoms. The highest BCUT2D eigenvalue weighted by Gasteiger charge is 2.19. The number of H-pyrrole nitrogens is 1. The van der Waals surface area contributed by atoms with Gasteiger partial charge in [-0.15, -0.1) is 10.2 Å². The maximum absolute atomic E-state index is 11.4. The largest absolute Gasteiger partial charge is 0.360 e. The number of nitrogens with zero attached hydrogens (tertiary/aromatic N) is 3. The summed E-state index contributed by atoms with van der Waals surface area (Å²) in [6.07, 6.45) is 1.93. The molecular formula is C19H15ClN4OS. The standard InChI is InChI=1S/C19H15ClN4OS/c1-12(25)11-26-19-23-22-18(24(19)14-8-6-13(20)7-9-14)16-10-21-17-5-3-2-4-15(16)17/h2-10,21H,11H2,1H3. The first kappa shape index (κ1) is 16.9. The molecule has 0 saturated carbocycles. The lowest BCUT2D eigenvalue weighted by Gasteiger charge is -2.09. The number of halogens is 1. The fourth-order valence-corrected chi connectivity index (χ4v) is 3.66. The van der Waals surface area contributed by atoms with Gasteiger partial charge in [0.05, 0.1) is 5.75 Å². The van der Waals surface area contributed by atoms with Crippen LogP contribution in [-0.2, 0) is 4.79 Å². The molecule has 26 heavy (non-hydrogen) atoms. The van der Waals surface area contributed by atoms with Crippen LogP contribution in [0.15, 0.2) is 59.9 Å². The lowest BCUT2D eigenvalue weighted by atomic mass is 10.1. The third kappa shape index (κ3) is 3.13. The monoisotopic (exact) mass is 382 g/mol. The maximum Gasteiger partial charge on any atom is 0.196 e. The molecule has 0 radical (unpaired) electrons. The summed E-state index contributed by atoms with van der Waals surface area (Å²) in [6.45, 7) is 1.57. The number of nitrogens with one attached hydrogen (secondary N) is 1. The molecule has 4 rings (SSSR count). The fourth-order valence-electron chi connectivity index (χ4n) is 2.78. The molecule has 2 aromatic carbocycles. The highest BCUT2D eigenvalue weighted by molar-refractivity contribution is 7.99. The van der Waals surface area contributed by atoms with Crippen molar-refractivity contribution in [3.05, 3.63) is 59.8 Å². The molecule has 1 N–H and O–H groups in total. The van der Waals surface area contributed by atoms with Crippen molar-refractivity contribution in [3.63, 3.8) is 0 Å². The van der Waals surface area contributed by atoms with E-state index in [1.807, 2.05) is 59.3 Å². The molecule has 0 spiro atoms. The Balaban J connectivity index is 1.89. The van der Waals surface area contributed by atoms with Gasteiger partial charge < -0.3 is 4.98 Å². The molecule has 0 aliphatic carbocycles. The summed E-state index contributed by atoms with van der Waals surface area (Å²) in [6, 6.07) is 15.5. The van der Waals surface area contributed by atoms with Crippen molar-refractivity contribution in [2.45, 2.75) is 12.1 Å². The SMILES string of the molecule is CC(=O)CSc1nnc(-c2c[nH]c3ccccc23)n1-c1ccc(Cl)cc1. The first-order valence-corrected chi connectivity index (χ1v) is 9.40. The average Bonchev–Trinajstić information content (AvgIpc) is 3.24. The number of rotatable bonds is 5. The number of Topliss-reactive ketones (excluding diaryl/α,β-unsaturated/α-hetero) is 1. The van der Waals surface area contributed by atoms with E-state index in [9.17, 15) is 4.79 Å². The third-order valence-electron chi connectivity index (χ3n) is 3.95. The number of hydrogen-bond donors (Lipinski definition) is 1. The first-order chi connectivity index (χ1) is 12.6. The number of fused-ring (bicyclic) bond motifs is 1. The van der Waals surface area contributed by atoms with Crippen LogP contribution in [0.5, 0.6) is 0 Å². The van der Waals surface area contributed by atoms with E-state index in [0.717, 1.165) is 28.0 Å². The zero-order valence-electron chi connectivity index (χ0n) is 13.9. The lowest BCUT2D eigenvalue weighted by molar-refractivity contribution is -0.114. The van der Waals surface area contributed by atoms with Crippen LogP contribution < -0.4 is 0 Å². The number of ketones is 1. The van der Waals surface area contributed by atoms with Gasteiger partial charge in [-0.3, -0.25) is 9.36 Å². The molecule has 0 unspecified atom stereocenters. The second-order valence-corrected chi connectivity index (χ2v) is 7.24. The predicted molar refractivity (Wildman–Crippen MR) is 105 cm³/mol. The lowest BCUT2D eigenvalue weighted by Crippen LogP contribution is -2.01. The Kier molecular flexibility index (Phi) is 4.53. The minimum Gasteiger partial charge on any atom is -0.360 e. The highest BCUT2D eigenvalue weighted by Crippen LogP contribution is 2.32. The summed E-state index contributed by atoms with van der Waals surface area (Å²) in [5.74, 6) is 1.16. The maximum atomic E-state index is 11.4. The topological polar surface area (TPSA) is 63.6 Å². The van der Waals surface area contributed by atoms with Gasteiger partial charge in [-0.25, -0.2) is 0 Å². The van der Waals surface area contributed by atoms with E-state index in [2.05, 4.69) is 15.2 Å². The number of carbonyl (C=O) groups is 1. The Morgan fingerprint density at radius 1 is 1.15 bits per heavy atom. The molecule has 0 fully saturated rings. The van der Waals surface area contributed by atoms with Crippen molar-refractivity contribution in [2.75, 3.05) is 5.75 Å². The average molecular weight is 383 g/mol. The molecule has 0 atom stereocenters. The third-order valence-corrected chi connectivity index (χ3v) is 5.28. The van der Waals surface area contributed by atoms with Gasteiger partial charge in [-0.2, -0.15) is 0 Å². The van der Waals surface area contributed by atoms with Crippen LogP contribution in [0.2, 0.25) is 5.02 Å². The van der Waals surface area contributed by atoms with Gasteiger partial charge >= 0.3 is 0 Å². The summed E-state index contributed by atoms with van der Waals surface area (Å²) in [7, 11) is 0. The summed E-state index contributed by atoms with van der Waals surface area (Å²) in [5.41, 5.74) is 2.88. The molecule has 4 aromatic rings. The predicted octanol–water partition coefficient (Wildman–Crippen LogP) is 4.75. The molecule has 130 valence electrons. The van der Waals surface area contributed by atoms with E-state index in [-0.39, 0.29) is 5.78 Å². The Bertz CT molecular complexity index is 1080. The van der Waals surface area contributed by atoms with Gasteiger partial charge in [0.1, 0.15) is 5.78 Å². The van der Waals surface area contributed by atoms with Crippen molar-refractivity contribution >= 4 is 40.0 Å². The number of hydrogen-bond acceptors (Lipinski definition) is 4. The van der Waals surface area contributed by atoms with Crippen LogP contribution in [0.1, 0.15) is 6.92 Å². The zero-order chi connectivity index (χ0) is 18.1. The minimum absolute atomic E-state index is 0.0919.